The Balaban J connectivity index is 1.96. The van der Waals surface area contributed by atoms with Crippen LogP contribution in [0.2, 0.25) is 0 Å². The van der Waals surface area contributed by atoms with Gasteiger partial charge in [0.25, 0.3) is 0 Å². The van der Waals surface area contributed by atoms with Crippen molar-refractivity contribution in [2.75, 3.05) is 0 Å². The molecule has 0 saturated heterocycles. The van der Waals surface area contributed by atoms with E-state index in [1.165, 1.54) is 11.3 Å². The molecule has 0 aliphatic heterocycles. The van der Waals surface area contributed by atoms with Gasteiger partial charge in [-0.2, -0.15) is 0 Å². The molecule has 0 aliphatic rings. The van der Waals surface area contributed by atoms with Crippen LogP contribution in [0, 0.1) is 6.07 Å². The van der Waals surface area contributed by atoms with Crippen LogP contribution < -0.4 is 4.74 Å². The molecule has 1 aromatic heterocycles. The summed E-state index contributed by atoms with van der Waals surface area (Å²) in [4.78, 5) is 11.2. The Kier molecular flexibility index (Phi) is 3.15. The van der Waals surface area contributed by atoms with Gasteiger partial charge in [-0.3, -0.25) is 4.79 Å². The molecule has 15 heavy (non-hydrogen) atoms. The maximum absolute atomic E-state index is 10.5. The van der Waals surface area contributed by atoms with Crippen LogP contribution in [0.15, 0.2) is 35.7 Å². The van der Waals surface area contributed by atoms with Crippen molar-refractivity contribution in [1.29, 1.82) is 0 Å². The number of carbonyl (C=O) groups is 1. The van der Waals surface area contributed by atoms with Crippen molar-refractivity contribution >= 4 is 17.6 Å². The highest BCUT2D eigenvalue weighted by atomic mass is 32.1. The molecule has 0 atom stereocenters. The van der Waals surface area contributed by atoms with Gasteiger partial charge in [0.05, 0.1) is 4.88 Å². The molecule has 0 saturated carbocycles. The van der Waals surface area contributed by atoms with Crippen molar-refractivity contribution in [2.45, 2.75) is 6.61 Å². The van der Waals surface area contributed by atoms with Gasteiger partial charge in [0, 0.05) is 11.6 Å². The Morgan fingerprint density at radius 2 is 2.40 bits per heavy atom. The number of ether oxygens (including phenoxy) is 1. The van der Waals surface area contributed by atoms with E-state index in [0.29, 0.717) is 6.61 Å². The number of thiophene rings is 1. The standard InChI is InChI=1S/C12H9O2S/c13-7-12-6-10(9-15-12)8-14-11-4-2-1-3-5-11/h1-4,6-7,9H,8H2. The Bertz CT molecular complexity index is 434. The zero-order valence-corrected chi connectivity index (χ0v) is 8.79. The van der Waals surface area contributed by atoms with Crippen molar-refractivity contribution in [2.24, 2.45) is 0 Å². The first-order valence-corrected chi connectivity index (χ1v) is 5.38. The second-order valence-corrected chi connectivity index (χ2v) is 3.93. The van der Waals surface area contributed by atoms with Crippen LogP contribution in [0.4, 0.5) is 0 Å². The Morgan fingerprint density at radius 3 is 3.07 bits per heavy atom. The molecule has 1 radical (unpaired) electrons. The molecule has 0 spiro atoms. The van der Waals surface area contributed by atoms with Gasteiger partial charge in [-0.1, -0.05) is 18.2 Å². The topological polar surface area (TPSA) is 26.3 Å². The molecule has 3 heteroatoms. The molecule has 1 aromatic carbocycles. The quantitative estimate of drug-likeness (QED) is 0.736. The van der Waals surface area contributed by atoms with E-state index >= 15 is 0 Å². The van der Waals surface area contributed by atoms with Gasteiger partial charge in [-0.25, -0.2) is 0 Å². The molecule has 2 aromatic rings. The molecule has 2 rings (SSSR count). The number of carbonyl (C=O) groups excluding carboxylic acids is 1. The van der Waals surface area contributed by atoms with Gasteiger partial charge in [0.15, 0.2) is 6.29 Å². The number of rotatable bonds is 4. The zero-order valence-electron chi connectivity index (χ0n) is 7.97. The molecule has 0 amide bonds. The highest BCUT2D eigenvalue weighted by molar-refractivity contribution is 7.11. The smallest absolute Gasteiger partial charge is 0.160 e. The minimum absolute atomic E-state index is 0.477. The fraction of sp³-hybridized carbons (Fsp3) is 0.0833. The molecule has 1 heterocycles. The van der Waals surface area contributed by atoms with E-state index in [9.17, 15) is 4.79 Å². The third-order valence-electron chi connectivity index (χ3n) is 1.87. The lowest BCUT2D eigenvalue weighted by Gasteiger charge is -2.02. The Hall–Kier alpha value is -1.61. The first kappa shape index (κ1) is 9.93. The minimum Gasteiger partial charge on any atom is -0.488 e. The van der Waals surface area contributed by atoms with Gasteiger partial charge >= 0.3 is 0 Å². The minimum atomic E-state index is 0.477. The van der Waals surface area contributed by atoms with Gasteiger partial charge in [-0.15, -0.1) is 11.3 Å². The Morgan fingerprint density at radius 1 is 1.47 bits per heavy atom. The van der Waals surface area contributed by atoms with Crippen molar-refractivity contribution < 1.29 is 9.53 Å². The predicted molar refractivity (Wildman–Crippen MR) is 59.3 cm³/mol. The maximum Gasteiger partial charge on any atom is 0.160 e. The molecular formula is C12H9O2S. The van der Waals surface area contributed by atoms with Gasteiger partial charge in [-0.05, 0) is 17.5 Å². The third kappa shape index (κ3) is 2.67. The molecular weight excluding hydrogens is 208 g/mol. The normalized spacial score (nSPS) is 9.87. The van der Waals surface area contributed by atoms with Crippen molar-refractivity contribution in [3.8, 4) is 5.75 Å². The average Bonchev–Trinajstić information content (AvgIpc) is 2.76. The second-order valence-electron chi connectivity index (χ2n) is 2.99. The van der Waals surface area contributed by atoms with E-state index in [1.807, 2.05) is 29.6 Å². The Labute approximate surface area is 92.1 Å². The average molecular weight is 217 g/mol. The summed E-state index contributed by atoms with van der Waals surface area (Å²) in [5, 5.41) is 1.92. The lowest BCUT2D eigenvalue weighted by molar-refractivity contribution is 0.112. The van der Waals surface area contributed by atoms with Crippen LogP contribution in [0.3, 0.4) is 0 Å². The summed E-state index contributed by atoms with van der Waals surface area (Å²) < 4.78 is 5.49. The molecule has 0 unspecified atom stereocenters. The van der Waals surface area contributed by atoms with E-state index in [4.69, 9.17) is 4.74 Å². The van der Waals surface area contributed by atoms with Crippen molar-refractivity contribution in [3.63, 3.8) is 0 Å². The van der Waals surface area contributed by atoms with Crippen LogP contribution in [-0.2, 0) is 6.61 Å². The van der Waals surface area contributed by atoms with Crippen LogP contribution in [0.5, 0.6) is 5.75 Å². The van der Waals surface area contributed by atoms with Crippen LogP contribution >= 0.6 is 11.3 Å². The lowest BCUT2D eigenvalue weighted by atomic mass is 10.3. The highest BCUT2D eigenvalue weighted by Gasteiger charge is 1.99. The number of hydrogen-bond donors (Lipinski definition) is 0. The summed E-state index contributed by atoms with van der Waals surface area (Å²) in [6, 6.07) is 12.3. The summed E-state index contributed by atoms with van der Waals surface area (Å²) in [6.07, 6.45) is 0.850. The van der Waals surface area contributed by atoms with E-state index in [2.05, 4.69) is 6.07 Å². The number of hydrogen-bond acceptors (Lipinski definition) is 3. The predicted octanol–water partition coefficient (Wildman–Crippen LogP) is 2.94. The molecule has 0 N–H and O–H groups in total. The fourth-order valence-corrected chi connectivity index (χ4v) is 1.86. The molecule has 0 aliphatic carbocycles. The summed E-state index contributed by atoms with van der Waals surface area (Å²) in [5.74, 6) is 0.719. The van der Waals surface area contributed by atoms with Gasteiger partial charge < -0.3 is 4.74 Å². The van der Waals surface area contributed by atoms with Crippen LogP contribution in [0.1, 0.15) is 15.2 Å². The summed E-state index contributed by atoms with van der Waals surface area (Å²) in [7, 11) is 0. The summed E-state index contributed by atoms with van der Waals surface area (Å²) in [5.41, 5.74) is 1.01. The molecule has 75 valence electrons. The first-order chi connectivity index (χ1) is 7.38. The molecule has 2 nitrogen and oxygen atoms in total. The van der Waals surface area contributed by atoms with E-state index < -0.39 is 0 Å². The van der Waals surface area contributed by atoms with E-state index in [1.54, 1.807) is 6.07 Å². The van der Waals surface area contributed by atoms with Crippen LogP contribution in [0.25, 0.3) is 0 Å². The molecule has 0 bridgehead atoms. The number of benzene rings is 1. The first-order valence-electron chi connectivity index (χ1n) is 4.50. The zero-order chi connectivity index (χ0) is 10.5. The maximum atomic E-state index is 10.5. The third-order valence-corrected chi connectivity index (χ3v) is 2.77. The van der Waals surface area contributed by atoms with Gasteiger partial charge in [0.1, 0.15) is 12.4 Å². The SMILES string of the molecule is O=Cc1cc(COc2[c]cccc2)cs1. The number of aldehydes is 1. The lowest BCUT2D eigenvalue weighted by Crippen LogP contribution is -1.93. The monoisotopic (exact) mass is 217 g/mol. The summed E-state index contributed by atoms with van der Waals surface area (Å²) >= 11 is 1.43. The largest absolute Gasteiger partial charge is 0.488 e. The number of para-hydroxylation sites is 1. The van der Waals surface area contributed by atoms with E-state index in [0.717, 1.165) is 22.5 Å². The summed E-state index contributed by atoms with van der Waals surface area (Å²) in [6.45, 7) is 0.477. The van der Waals surface area contributed by atoms with Crippen LogP contribution in [-0.4, -0.2) is 6.29 Å². The van der Waals surface area contributed by atoms with Gasteiger partial charge in [0.2, 0.25) is 0 Å². The van der Waals surface area contributed by atoms with Crippen molar-refractivity contribution in [3.05, 3.63) is 52.2 Å². The second kappa shape index (κ2) is 4.75. The van der Waals surface area contributed by atoms with E-state index in [-0.39, 0.29) is 0 Å². The molecule has 0 fully saturated rings. The highest BCUT2D eigenvalue weighted by Crippen LogP contribution is 2.15. The van der Waals surface area contributed by atoms with Crippen molar-refractivity contribution in [1.82, 2.24) is 0 Å². The fourth-order valence-electron chi connectivity index (χ4n) is 1.16.